The summed E-state index contributed by atoms with van der Waals surface area (Å²) in [7, 11) is 0. The first-order chi connectivity index (χ1) is 14.6. The van der Waals surface area contributed by atoms with Gasteiger partial charge in [0.2, 0.25) is 5.88 Å². The number of halogens is 2. The van der Waals surface area contributed by atoms with Crippen molar-refractivity contribution in [3.63, 3.8) is 0 Å². The number of carbonyl (C=O) groups excluding carboxylic acids is 1. The van der Waals surface area contributed by atoms with Gasteiger partial charge in [0.1, 0.15) is 5.69 Å². The number of aromatic nitrogens is 2. The van der Waals surface area contributed by atoms with Crippen molar-refractivity contribution < 1.29 is 9.53 Å². The summed E-state index contributed by atoms with van der Waals surface area (Å²) in [5, 5.41) is 1.88. The fourth-order valence-corrected chi connectivity index (χ4v) is 3.83. The molecule has 0 aliphatic carbocycles. The number of nitrogens with zero attached hydrogens (tertiary/aromatic N) is 3. The molecule has 2 aromatic carbocycles. The van der Waals surface area contributed by atoms with E-state index in [1.54, 1.807) is 0 Å². The van der Waals surface area contributed by atoms with E-state index in [0.29, 0.717) is 11.4 Å². The summed E-state index contributed by atoms with van der Waals surface area (Å²) >= 11 is 6.92. The lowest BCUT2D eigenvalue weighted by Crippen LogP contribution is -2.46. The molecule has 1 aliphatic heterocycles. The highest BCUT2D eigenvalue weighted by molar-refractivity contribution is 9.10. The van der Waals surface area contributed by atoms with E-state index in [1.807, 2.05) is 53.5 Å². The maximum Gasteiger partial charge on any atom is 0.428 e. The van der Waals surface area contributed by atoms with Crippen LogP contribution in [0.15, 0.2) is 63.7 Å². The van der Waals surface area contributed by atoms with Crippen molar-refractivity contribution in [2.24, 2.45) is 0 Å². The zero-order valence-corrected chi connectivity index (χ0v) is 19.3. The Balaban J connectivity index is 1.62. The summed E-state index contributed by atoms with van der Waals surface area (Å²) in [5.74, 6) is 0.156. The summed E-state index contributed by atoms with van der Waals surface area (Å²) in [4.78, 5) is 21.5. The van der Waals surface area contributed by atoms with Gasteiger partial charge in [0, 0.05) is 33.2 Å². The van der Waals surface area contributed by atoms with E-state index in [1.165, 1.54) is 12.6 Å². The molecule has 0 atom stereocenters. The Bertz CT molecular complexity index is 1020. The van der Waals surface area contributed by atoms with Gasteiger partial charge in [-0.25, -0.2) is 19.8 Å². The van der Waals surface area contributed by atoms with Crippen LogP contribution in [0.3, 0.4) is 0 Å². The molecule has 0 saturated carbocycles. The van der Waals surface area contributed by atoms with Gasteiger partial charge in [-0.1, -0.05) is 62.5 Å². The number of hydrazine groups is 1. The zero-order chi connectivity index (χ0) is 20.9. The number of hydrogen-bond acceptors (Lipinski definition) is 5. The average Bonchev–Trinajstić information content (AvgIpc) is 2.76. The quantitative estimate of drug-likeness (QED) is 0.459. The molecule has 30 heavy (non-hydrogen) atoms. The van der Waals surface area contributed by atoms with Crippen molar-refractivity contribution in [2.45, 2.75) is 19.3 Å². The first kappa shape index (κ1) is 21.0. The highest BCUT2D eigenvalue weighted by Crippen LogP contribution is 2.31. The maximum atomic E-state index is 12.3. The number of hydrogen-bond donors (Lipinski definition) is 1. The van der Waals surface area contributed by atoms with Gasteiger partial charge in [0.05, 0.1) is 11.9 Å². The Labute approximate surface area is 191 Å². The van der Waals surface area contributed by atoms with Gasteiger partial charge in [-0.15, -0.1) is 0 Å². The Morgan fingerprint density at radius 3 is 2.03 bits per heavy atom. The number of ether oxygens (including phenoxy) is 1. The van der Waals surface area contributed by atoms with Crippen LogP contribution in [-0.4, -0.2) is 34.2 Å². The fraction of sp³-hybridized carbons (Fsp3) is 0.227. The highest BCUT2D eigenvalue weighted by atomic mass is 79.9. The summed E-state index contributed by atoms with van der Waals surface area (Å²) in [6.07, 6.45) is 4.25. The number of rotatable bonds is 4. The van der Waals surface area contributed by atoms with Gasteiger partial charge in [-0.3, -0.25) is 5.43 Å². The molecule has 6 nitrogen and oxygen atoms in total. The van der Waals surface area contributed by atoms with Crippen molar-refractivity contribution in [3.05, 3.63) is 63.7 Å². The summed E-state index contributed by atoms with van der Waals surface area (Å²) in [5.41, 5.74) is 5.95. The Morgan fingerprint density at radius 1 is 0.867 bits per heavy atom. The number of benzene rings is 2. The lowest BCUT2D eigenvalue weighted by atomic mass is 10.0. The van der Waals surface area contributed by atoms with Crippen LogP contribution >= 0.6 is 31.9 Å². The van der Waals surface area contributed by atoms with Crippen LogP contribution in [-0.2, 0) is 0 Å². The second-order valence-corrected chi connectivity index (χ2v) is 8.80. The standard InChI is InChI=1S/C22H20Br2N4O2/c23-17-8-4-15(5-9-17)20-21(16-6-10-18(24)11-7-16)26-19(14-25-20)30-22(29)27-28-12-2-1-3-13-28/h4-11,14H,1-3,12-13H2,(H,27,29). The third-order valence-corrected chi connectivity index (χ3v) is 5.85. The molecule has 1 aromatic heterocycles. The van der Waals surface area contributed by atoms with Gasteiger partial charge < -0.3 is 4.74 Å². The fourth-order valence-electron chi connectivity index (χ4n) is 3.30. The van der Waals surface area contributed by atoms with Gasteiger partial charge in [-0.05, 0) is 37.1 Å². The zero-order valence-electron chi connectivity index (χ0n) is 16.1. The Kier molecular flexibility index (Phi) is 6.76. The van der Waals surface area contributed by atoms with E-state index in [-0.39, 0.29) is 5.88 Å². The molecule has 0 radical (unpaired) electrons. The third-order valence-electron chi connectivity index (χ3n) is 4.79. The summed E-state index contributed by atoms with van der Waals surface area (Å²) in [6, 6.07) is 15.7. The minimum atomic E-state index is -0.552. The lowest BCUT2D eigenvalue weighted by Gasteiger charge is -2.26. The Hall–Kier alpha value is -2.29. The minimum Gasteiger partial charge on any atom is -0.389 e. The first-order valence-corrected chi connectivity index (χ1v) is 11.3. The second kappa shape index (κ2) is 9.68. The predicted octanol–water partition coefficient (Wildman–Crippen LogP) is 5.82. The van der Waals surface area contributed by atoms with E-state index in [4.69, 9.17) is 4.74 Å². The molecule has 3 aromatic rings. The molecular formula is C22H20Br2N4O2. The average molecular weight is 532 g/mol. The van der Waals surface area contributed by atoms with E-state index in [0.717, 1.165) is 46.0 Å². The van der Waals surface area contributed by atoms with Crippen LogP contribution in [0.25, 0.3) is 22.5 Å². The molecule has 8 heteroatoms. The molecule has 0 unspecified atom stereocenters. The van der Waals surface area contributed by atoms with Crippen LogP contribution in [0.5, 0.6) is 5.88 Å². The third kappa shape index (κ3) is 5.24. The maximum absolute atomic E-state index is 12.3. The molecule has 0 spiro atoms. The molecule has 1 aliphatic rings. The normalized spacial score (nSPS) is 14.3. The molecule has 2 heterocycles. The lowest BCUT2D eigenvalue weighted by molar-refractivity contribution is 0.128. The predicted molar refractivity (Wildman–Crippen MR) is 123 cm³/mol. The molecule has 4 rings (SSSR count). The minimum absolute atomic E-state index is 0.156. The number of carbonyl (C=O) groups is 1. The van der Waals surface area contributed by atoms with Crippen LogP contribution in [0.2, 0.25) is 0 Å². The first-order valence-electron chi connectivity index (χ1n) is 9.71. The molecular weight excluding hydrogens is 512 g/mol. The van der Waals surface area contributed by atoms with Crippen LogP contribution in [0.4, 0.5) is 4.79 Å². The van der Waals surface area contributed by atoms with Crippen molar-refractivity contribution in [2.75, 3.05) is 13.1 Å². The van der Waals surface area contributed by atoms with E-state index in [9.17, 15) is 4.79 Å². The van der Waals surface area contributed by atoms with Crippen molar-refractivity contribution in [1.29, 1.82) is 0 Å². The van der Waals surface area contributed by atoms with E-state index < -0.39 is 6.09 Å². The van der Waals surface area contributed by atoms with Crippen LogP contribution in [0.1, 0.15) is 19.3 Å². The molecule has 1 amide bonds. The summed E-state index contributed by atoms with van der Waals surface area (Å²) in [6.45, 7) is 1.65. The van der Waals surface area contributed by atoms with Crippen LogP contribution < -0.4 is 10.2 Å². The smallest absolute Gasteiger partial charge is 0.389 e. The SMILES string of the molecule is O=C(NN1CCCCC1)Oc1cnc(-c2ccc(Br)cc2)c(-c2ccc(Br)cc2)n1. The van der Waals surface area contributed by atoms with Crippen molar-refractivity contribution in [1.82, 2.24) is 20.4 Å². The molecule has 1 N–H and O–H groups in total. The van der Waals surface area contributed by atoms with Gasteiger partial charge in [0.15, 0.2) is 0 Å². The molecule has 1 fully saturated rings. The van der Waals surface area contributed by atoms with Gasteiger partial charge in [-0.2, -0.15) is 0 Å². The number of piperidine rings is 1. The molecule has 1 saturated heterocycles. The molecule has 154 valence electrons. The highest BCUT2D eigenvalue weighted by Gasteiger charge is 2.17. The van der Waals surface area contributed by atoms with Crippen molar-refractivity contribution in [3.8, 4) is 28.4 Å². The van der Waals surface area contributed by atoms with Crippen molar-refractivity contribution >= 4 is 38.0 Å². The second-order valence-electron chi connectivity index (χ2n) is 6.97. The summed E-state index contributed by atoms with van der Waals surface area (Å²) < 4.78 is 7.39. The van der Waals surface area contributed by atoms with E-state index in [2.05, 4.69) is 47.3 Å². The topological polar surface area (TPSA) is 67.4 Å². The number of nitrogens with one attached hydrogen (secondary N) is 1. The monoisotopic (exact) mass is 530 g/mol. The Morgan fingerprint density at radius 2 is 1.43 bits per heavy atom. The largest absolute Gasteiger partial charge is 0.428 e. The van der Waals surface area contributed by atoms with Gasteiger partial charge in [0.25, 0.3) is 0 Å². The number of amides is 1. The van der Waals surface area contributed by atoms with Gasteiger partial charge >= 0.3 is 6.09 Å². The molecule has 0 bridgehead atoms. The van der Waals surface area contributed by atoms with E-state index >= 15 is 0 Å². The van der Waals surface area contributed by atoms with Crippen LogP contribution in [0, 0.1) is 0 Å².